The summed E-state index contributed by atoms with van der Waals surface area (Å²) >= 11 is 5.99. The monoisotopic (exact) mass is 498 g/mol. The minimum absolute atomic E-state index is 0.305. The number of nitrogens with one attached hydrogen (secondary N) is 1. The molecule has 0 radical (unpaired) electrons. The van der Waals surface area contributed by atoms with Gasteiger partial charge in [0.05, 0.1) is 29.8 Å². The molecule has 0 aliphatic carbocycles. The van der Waals surface area contributed by atoms with Gasteiger partial charge in [0.15, 0.2) is 0 Å². The molecule has 36 heavy (non-hydrogen) atoms. The molecule has 7 nitrogen and oxygen atoms in total. The Bertz CT molecular complexity index is 1450. The van der Waals surface area contributed by atoms with Crippen molar-refractivity contribution in [1.29, 1.82) is 0 Å². The van der Waals surface area contributed by atoms with Crippen LogP contribution in [-0.2, 0) is 14.4 Å². The van der Waals surface area contributed by atoms with Gasteiger partial charge in [0.2, 0.25) is 17.7 Å². The fourth-order valence-corrected chi connectivity index (χ4v) is 5.84. The second kappa shape index (κ2) is 8.31. The third-order valence-electron chi connectivity index (χ3n) is 7.27. The van der Waals surface area contributed by atoms with Gasteiger partial charge in [0.25, 0.3) is 0 Å². The van der Waals surface area contributed by atoms with E-state index in [2.05, 4.69) is 10.4 Å². The molecule has 3 aliphatic rings. The molecule has 4 atom stereocenters. The van der Waals surface area contributed by atoms with Gasteiger partial charge in [-0.1, -0.05) is 53.6 Å². The molecule has 2 saturated heterocycles. The SMILES string of the molecule is Cc1ccc(N2C(=O)[C@@H]3[C@H](C2=O)[C@H](C(=O)Nc2ccc(Cl)cc2)N2N=Cc4ccccc4[C@@H]32)c(C)c1. The highest BCUT2D eigenvalue weighted by Crippen LogP contribution is 2.53. The van der Waals surface area contributed by atoms with Crippen molar-refractivity contribution in [2.24, 2.45) is 16.9 Å². The smallest absolute Gasteiger partial charge is 0.249 e. The van der Waals surface area contributed by atoms with Crippen molar-refractivity contribution in [3.63, 3.8) is 0 Å². The number of aryl methyl sites for hydroxylation is 2. The highest BCUT2D eigenvalue weighted by molar-refractivity contribution is 6.30. The third-order valence-corrected chi connectivity index (χ3v) is 7.52. The van der Waals surface area contributed by atoms with E-state index in [4.69, 9.17) is 11.6 Å². The molecular weight excluding hydrogens is 476 g/mol. The second-order valence-corrected chi connectivity index (χ2v) is 9.93. The summed E-state index contributed by atoms with van der Waals surface area (Å²) in [6.45, 7) is 3.85. The first-order valence-electron chi connectivity index (χ1n) is 11.8. The van der Waals surface area contributed by atoms with E-state index in [1.807, 2.05) is 50.2 Å². The first kappa shape index (κ1) is 22.5. The number of halogens is 1. The van der Waals surface area contributed by atoms with Crippen LogP contribution in [-0.4, -0.2) is 35.0 Å². The van der Waals surface area contributed by atoms with Crippen LogP contribution in [0.15, 0.2) is 71.8 Å². The number of carbonyl (C=O) groups excluding carboxylic acids is 3. The summed E-state index contributed by atoms with van der Waals surface area (Å²) < 4.78 is 0. The summed E-state index contributed by atoms with van der Waals surface area (Å²) in [6.07, 6.45) is 1.69. The molecule has 1 N–H and O–H groups in total. The lowest BCUT2D eigenvalue weighted by Crippen LogP contribution is -2.46. The van der Waals surface area contributed by atoms with E-state index in [0.717, 1.165) is 22.3 Å². The third kappa shape index (κ3) is 3.34. The number of hydrazone groups is 1. The maximum absolute atomic E-state index is 13.9. The van der Waals surface area contributed by atoms with Crippen LogP contribution in [0, 0.1) is 25.7 Å². The van der Waals surface area contributed by atoms with E-state index < -0.39 is 29.8 Å². The Hall–Kier alpha value is -3.97. The number of carbonyl (C=O) groups is 3. The molecule has 3 aliphatic heterocycles. The Kier molecular flexibility index (Phi) is 5.19. The summed E-state index contributed by atoms with van der Waals surface area (Å²) in [7, 11) is 0. The largest absolute Gasteiger partial charge is 0.324 e. The van der Waals surface area contributed by atoms with Crippen LogP contribution < -0.4 is 10.2 Å². The molecule has 0 spiro atoms. The zero-order chi connectivity index (χ0) is 25.1. The van der Waals surface area contributed by atoms with Crippen LogP contribution in [0.2, 0.25) is 5.02 Å². The van der Waals surface area contributed by atoms with Gasteiger partial charge < -0.3 is 5.32 Å². The van der Waals surface area contributed by atoms with Crippen molar-refractivity contribution in [3.05, 3.63) is 94.0 Å². The highest BCUT2D eigenvalue weighted by Gasteiger charge is 2.65. The van der Waals surface area contributed by atoms with Crippen LogP contribution in [0.3, 0.4) is 0 Å². The quantitative estimate of drug-likeness (QED) is 0.540. The van der Waals surface area contributed by atoms with Crippen molar-refractivity contribution in [2.75, 3.05) is 10.2 Å². The topological polar surface area (TPSA) is 82.1 Å². The molecule has 0 unspecified atom stereocenters. The van der Waals surface area contributed by atoms with Crippen LogP contribution in [0.1, 0.15) is 28.3 Å². The average molecular weight is 499 g/mol. The lowest BCUT2D eigenvalue weighted by atomic mass is 9.85. The number of benzene rings is 3. The molecule has 3 amide bonds. The molecule has 3 aromatic carbocycles. The van der Waals surface area contributed by atoms with Crippen molar-refractivity contribution in [3.8, 4) is 0 Å². The first-order valence-corrected chi connectivity index (χ1v) is 12.2. The number of hydrogen-bond donors (Lipinski definition) is 1. The summed E-state index contributed by atoms with van der Waals surface area (Å²) in [5, 5.41) is 9.65. The minimum atomic E-state index is -0.951. The summed E-state index contributed by atoms with van der Waals surface area (Å²) in [5.41, 5.74) is 4.74. The summed E-state index contributed by atoms with van der Waals surface area (Å²) in [6, 6.07) is 18.6. The zero-order valence-corrected chi connectivity index (χ0v) is 20.4. The molecular formula is C28H23ClN4O3. The van der Waals surface area contributed by atoms with Crippen molar-refractivity contribution >= 4 is 46.9 Å². The normalized spacial score (nSPS) is 24.0. The number of amides is 3. The Labute approximate surface area is 213 Å². The van der Waals surface area contributed by atoms with Crippen LogP contribution in [0.25, 0.3) is 0 Å². The molecule has 2 fully saturated rings. The van der Waals surface area contributed by atoms with E-state index in [9.17, 15) is 14.4 Å². The fourth-order valence-electron chi connectivity index (χ4n) is 5.71. The predicted octanol–water partition coefficient (Wildman–Crippen LogP) is 4.47. The van der Waals surface area contributed by atoms with E-state index in [0.29, 0.717) is 16.4 Å². The summed E-state index contributed by atoms with van der Waals surface area (Å²) in [4.78, 5) is 42.8. The molecule has 0 saturated carbocycles. The molecule has 180 valence electrons. The number of hydrogen-bond acceptors (Lipinski definition) is 5. The molecule has 3 aromatic rings. The number of nitrogens with zero attached hydrogens (tertiary/aromatic N) is 3. The molecule has 8 heteroatoms. The van der Waals surface area contributed by atoms with Gasteiger partial charge in [0.1, 0.15) is 6.04 Å². The van der Waals surface area contributed by atoms with Crippen molar-refractivity contribution in [1.82, 2.24) is 5.01 Å². The van der Waals surface area contributed by atoms with Crippen LogP contribution in [0.4, 0.5) is 11.4 Å². The van der Waals surface area contributed by atoms with Crippen molar-refractivity contribution < 1.29 is 14.4 Å². The van der Waals surface area contributed by atoms with Gasteiger partial charge in [-0.05, 0) is 60.9 Å². The van der Waals surface area contributed by atoms with E-state index in [-0.39, 0.29) is 11.8 Å². The van der Waals surface area contributed by atoms with E-state index >= 15 is 0 Å². The maximum atomic E-state index is 13.9. The van der Waals surface area contributed by atoms with Gasteiger partial charge in [-0.2, -0.15) is 5.10 Å². The van der Waals surface area contributed by atoms with E-state index in [1.54, 1.807) is 41.6 Å². The molecule has 0 aromatic heterocycles. The molecule has 0 bridgehead atoms. The van der Waals surface area contributed by atoms with Crippen LogP contribution in [0.5, 0.6) is 0 Å². The number of anilines is 2. The van der Waals surface area contributed by atoms with Gasteiger partial charge >= 0.3 is 0 Å². The van der Waals surface area contributed by atoms with Crippen LogP contribution >= 0.6 is 11.6 Å². The van der Waals surface area contributed by atoms with Gasteiger partial charge in [-0.25, -0.2) is 4.90 Å². The lowest BCUT2D eigenvalue weighted by molar-refractivity contribution is -0.129. The van der Waals surface area contributed by atoms with E-state index in [1.165, 1.54) is 4.90 Å². The number of fused-ring (bicyclic) bond motifs is 5. The van der Waals surface area contributed by atoms with Gasteiger partial charge in [-0.3, -0.25) is 19.4 Å². The standard InChI is InChI=1S/C28H23ClN4O3/c1-15-7-12-21(16(2)13-15)32-27(35)22-23(28(32)36)25(26(34)31-19-10-8-18(29)9-11-19)33-24(22)20-6-4-3-5-17(20)14-30-33/h3-14,22-25H,1-2H3,(H,31,34)/t22-,23+,24+,25-/m1/s1. The number of imide groups is 1. The zero-order valence-electron chi connectivity index (χ0n) is 19.7. The average Bonchev–Trinajstić information content (AvgIpc) is 3.34. The lowest BCUT2D eigenvalue weighted by Gasteiger charge is -2.33. The van der Waals surface area contributed by atoms with Crippen molar-refractivity contribution in [2.45, 2.75) is 25.9 Å². The Morgan fingerprint density at radius 3 is 2.42 bits per heavy atom. The van der Waals surface area contributed by atoms with Gasteiger partial charge in [-0.15, -0.1) is 0 Å². The minimum Gasteiger partial charge on any atom is -0.324 e. The fraction of sp³-hybridized carbons (Fsp3) is 0.214. The number of rotatable bonds is 3. The maximum Gasteiger partial charge on any atom is 0.249 e. The summed E-state index contributed by atoms with van der Waals surface area (Å²) in [5.74, 6) is -2.69. The Balaban J connectivity index is 1.45. The first-order chi connectivity index (χ1) is 17.3. The second-order valence-electron chi connectivity index (χ2n) is 9.49. The predicted molar refractivity (Wildman–Crippen MR) is 138 cm³/mol. The highest BCUT2D eigenvalue weighted by atomic mass is 35.5. The van der Waals surface area contributed by atoms with Gasteiger partial charge in [0, 0.05) is 10.7 Å². The Morgan fingerprint density at radius 2 is 1.67 bits per heavy atom. The molecule has 3 heterocycles. The molecule has 6 rings (SSSR count). The Morgan fingerprint density at radius 1 is 0.944 bits per heavy atom.